The molecule has 0 saturated heterocycles. The molecule has 0 unspecified atom stereocenters. The zero-order valence-electron chi connectivity index (χ0n) is 12.1. The minimum atomic E-state index is 0.628. The van der Waals surface area contributed by atoms with Gasteiger partial charge in [0.2, 0.25) is 0 Å². The molecule has 2 aromatic rings. The molecule has 1 fully saturated rings. The van der Waals surface area contributed by atoms with Crippen LogP contribution in [0.5, 0.6) is 5.75 Å². The molecule has 0 bridgehead atoms. The van der Waals surface area contributed by atoms with Crippen LogP contribution in [0.15, 0.2) is 23.7 Å². The van der Waals surface area contributed by atoms with Gasteiger partial charge >= 0.3 is 0 Å². The van der Waals surface area contributed by atoms with Crippen molar-refractivity contribution in [3.05, 3.63) is 44.9 Å². The lowest BCUT2D eigenvalue weighted by molar-refractivity contribution is 0.318. The minimum Gasteiger partial charge on any atom is -0.491 e. The van der Waals surface area contributed by atoms with E-state index in [1.165, 1.54) is 17.7 Å². The molecule has 3 rings (SSSR count). The lowest BCUT2D eigenvalue weighted by Gasteiger charge is -2.13. The highest BCUT2D eigenvalue weighted by Crippen LogP contribution is 2.30. The molecular formula is C16H19ClN2OS. The third-order valence-corrected chi connectivity index (χ3v) is 4.92. The number of nitrogens with one attached hydrogen (secondary N) is 1. The fourth-order valence-electron chi connectivity index (χ4n) is 2.21. The molecule has 0 spiro atoms. The summed E-state index contributed by atoms with van der Waals surface area (Å²) in [4.78, 5) is 5.54. The maximum Gasteiger partial charge on any atom is 0.142 e. The number of aryl methyl sites for hydroxylation is 1. The first-order chi connectivity index (χ1) is 10.2. The van der Waals surface area contributed by atoms with Gasteiger partial charge in [-0.3, -0.25) is 0 Å². The fourth-order valence-corrected chi connectivity index (χ4v) is 3.22. The van der Waals surface area contributed by atoms with E-state index in [-0.39, 0.29) is 0 Å². The zero-order valence-corrected chi connectivity index (χ0v) is 13.6. The first kappa shape index (κ1) is 14.8. The van der Waals surface area contributed by atoms with E-state index in [1.807, 2.05) is 24.6 Å². The number of benzene rings is 1. The monoisotopic (exact) mass is 322 g/mol. The van der Waals surface area contributed by atoms with E-state index >= 15 is 0 Å². The number of hydrogen-bond donors (Lipinski definition) is 1. The molecule has 0 amide bonds. The number of hydrogen-bond acceptors (Lipinski definition) is 4. The van der Waals surface area contributed by atoms with Gasteiger partial charge in [0.15, 0.2) is 0 Å². The van der Waals surface area contributed by atoms with E-state index in [1.54, 1.807) is 11.3 Å². The molecule has 1 saturated carbocycles. The van der Waals surface area contributed by atoms with Crippen molar-refractivity contribution in [2.24, 2.45) is 0 Å². The summed E-state index contributed by atoms with van der Waals surface area (Å²) in [6.45, 7) is 3.48. The van der Waals surface area contributed by atoms with Gasteiger partial charge in [-0.2, -0.15) is 0 Å². The number of thiazole rings is 1. The van der Waals surface area contributed by atoms with Gasteiger partial charge < -0.3 is 10.1 Å². The summed E-state index contributed by atoms with van der Waals surface area (Å²) in [5, 5.41) is 4.19. The summed E-state index contributed by atoms with van der Waals surface area (Å²) in [6, 6.07) is 6.62. The van der Waals surface area contributed by atoms with Crippen molar-refractivity contribution in [3.8, 4) is 5.75 Å². The second-order valence-corrected chi connectivity index (χ2v) is 6.69. The molecule has 1 aromatic heterocycles. The predicted octanol–water partition coefficient (Wildman–Crippen LogP) is 3.98. The lowest BCUT2D eigenvalue weighted by Crippen LogP contribution is -2.16. The first-order valence-corrected chi connectivity index (χ1v) is 8.52. The Morgan fingerprint density at radius 1 is 1.43 bits per heavy atom. The van der Waals surface area contributed by atoms with Crippen molar-refractivity contribution in [2.45, 2.75) is 38.8 Å². The molecule has 1 N–H and O–H groups in total. The highest BCUT2D eigenvalue weighted by molar-refractivity contribution is 7.09. The first-order valence-electron chi connectivity index (χ1n) is 7.26. The molecule has 1 aliphatic rings. The Morgan fingerprint density at radius 2 is 2.29 bits per heavy atom. The quantitative estimate of drug-likeness (QED) is 0.837. The van der Waals surface area contributed by atoms with E-state index < -0.39 is 0 Å². The van der Waals surface area contributed by atoms with Gasteiger partial charge in [-0.05, 0) is 25.8 Å². The molecule has 112 valence electrons. The van der Waals surface area contributed by atoms with Crippen molar-refractivity contribution < 1.29 is 4.74 Å². The average molecular weight is 323 g/mol. The largest absolute Gasteiger partial charge is 0.491 e. The van der Waals surface area contributed by atoms with Gasteiger partial charge in [-0.25, -0.2) is 4.98 Å². The van der Waals surface area contributed by atoms with Crippen molar-refractivity contribution in [3.63, 3.8) is 0 Å². The molecule has 1 heterocycles. The van der Waals surface area contributed by atoms with Crippen LogP contribution in [0, 0.1) is 6.92 Å². The third kappa shape index (κ3) is 3.96. The summed E-state index contributed by atoms with van der Waals surface area (Å²) < 4.78 is 5.96. The third-order valence-electron chi connectivity index (χ3n) is 3.63. The van der Waals surface area contributed by atoms with Crippen LogP contribution in [-0.4, -0.2) is 17.6 Å². The van der Waals surface area contributed by atoms with Crippen LogP contribution in [0.4, 0.5) is 0 Å². The van der Waals surface area contributed by atoms with E-state index in [0.29, 0.717) is 17.7 Å². The SMILES string of the molecule is Cc1ncsc1CCOc1c(Cl)cccc1CNC1CC1. The maximum atomic E-state index is 6.29. The average Bonchev–Trinajstić information content (AvgIpc) is 3.22. The van der Waals surface area contributed by atoms with Crippen LogP contribution in [0.25, 0.3) is 0 Å². The number of ether oxygens (including phenoxy) is 1. The Kier molecular flexibility index (Phi) is 4.78. The number of aromatic nitrogens is 1. The summed E-state index contributed by atoms with van der Waals surface area (Å²) in [5.74, 6) is 0.814. The summed E-state index contributed by atoms with van der Waals surface area (Å²) in [6.07, 6.45) is 3.43. The molecule has 1 aliphatic carbocycles. The van der Waals surface area contributed by atoms with Crippen molar-refractivity contribution in [2.75, 3.05) is 6.61 Å². The Bertz CT molecular complexity index is 610. The molecule has 0 radical (unpaired) electrons. The topological polar surface area (TPSA) is 34.1 Å². The van der Waals surface area contributed by atoms with Gasteiger partial charge in [-0.15, -0.1) is 11.3 Å². The summed E-state index contributed by atoms with van der Waals surface area (Å²) >= 11 is 7.97. The van der Waals surface area contributed by atoms with Gasteiger partial charge in [-0.1, -0.05) is 23.7 Å². The van der Waals surface area contributed by atoms with E-state index in [2.05, 4.69) is 16.4 Å². The van der Waals surface area contributed by atoms with E-state index in [0.717, 1.165) is 30.0 Å². The van der Waals surface area contributed by atoms with Gasteiger partial charge in [0, 0.05) is 29.4 Å². The minimum absolute atomic E-state index is 0.628. The van der Waals surface area contributed by atoms with Crippen molar-refractivity contribution in [1.82, 2.24) is 10.3 Å². The Labute approximate surface area is 134 Å². The Balaban J connectivity index is 1.61. The smallest absolute Gasteiger partial charge is 0.142 e. The van der Waals surface area contributed by atoms with Crippen LogP contribution in [-0.2, 0) is 13.0 Å². The number of halogens is 1. The zero-order chi connectivity index (χ0) is 14.7. The van der Waals surface area contributed by atoms with E-state index in [4.69, 9.17) is 16.3 Å². The van der Waals surface area contributed by atoms with Crippen LogP contribution in [0.2, 0.25) is 5.02 Å². The molecule has 21 heavy (non-hydrogen) atoms. The van der Waals surface area contributed by atoms with Crippen LogP contribution in [0.1, 0.15) is 29.0 Å². The lowest BCUT2D eigenvalue weighted by atomic mass is 10.2. The van der Waals surface area contributed by atoms with Gasteiger partial charge in [0.25, 0.3) is 0 Å². The summed E-state index contributed by atoms with van der Waals surface area (Å²) in [7, 11) is 0. The van der Waals surface area contributed by atoms with Crippen molar-refractivity contribution >= 4 is 22.9 Å². The standard InChI is InChI=1S/C16H19ClN2OS/c1-11-15(21-10-19-11)7-8-20-16-12(3-2-4-14(16)17)9-18-13-5-6-13/h2-4,10,13,18H,5-9H2,1H3. The molecule has 0 atom stereocenters. The van der Waals surface area contributed by atoms with Crippen molar-refractivity contribution in [1.29, 1.82) is 0 Å². The number of rotatable bonds is 7. The Hall–Kier alpha value is -1.10. The second kappa shape index (κ2) is 6.77. The highest BCUT2D eigenvalue weighted by atomic mass is 35.5. The summed E-state index contributed by atoms with van der Waals surface area (Å²) in [5.41, 5.74) is 4.11. The van der Waals surface area contributed by atoms with E-state index in [9.17, 15) is 0 Å². The van der Waals surface area contributed by atoms with Crippen LogP contribution < -0.4 is 10.1 Å². The normalized spacial score (nSPS) is 14.4. The molecule has 3 nitrogen and oxygen atoms in total. The number of nitrogens with zero attached hydrogens (tertiary/aromatic N) is 1. The molecule has 1 aromatic carbocycles. The fraction of sp³-hybridized carbons (Fsp3) is 0.438. The predicted molar refractivity (Wildman–Crippen MR) is 87.4 cm³/mol. The Morgan fingerprint density at radius 3 is 3.00 bits per heavy atom. The van der Waals surface area contributed by atoms with Crippen LogP contribution >= 0.6 is 22.9 Å². The molecular weight excluding hydrogens is 304 g/mol. The second-order valence-electron chi connectivity index (χ2n) is 5.34. The molecule has 5 heteroatoms. The number of para-hydroxylation sites is 1. The molecule has 0 aliphatic heterocycles. The van der Waals surface area contributed by atoms with Crippen LogP contribution in [0.3, 0.4) is 0 Å². The highest BCUT2D eigenvalue weighted by Gasteiger charge is 2.21. The van der Waals surface area contributed by atoms with Gasteiger partial charge in [0.05, 0.1) is 22.8 Å². The van der Waals surface area contributed by atoms with Gasteiger partial charge in [0.1, 0.15) is 5.75 Å². The maximum absolute atomic E-state index is 6.29.